The zero-order valence-corrected chi connectivity index (χ0v) is 9.81. The maximum absolute atomic E-state index is 11.6. The number of hydrogen-bond donors (Lipinski definition) is 1. The largest absolute Gasteiger partial charge is 0.388 e. The monoisotopic (exact) mass is 222 g/mol. The number of aliphatic hydroxyl groups is 1. The van der Waals surface area contributed by atoms with Gasteiger partial charge in [0.2, 0.25) is 5.91 Å². The van der Waals surface area contributed by atoms with Crippen LogP contribution in [0.15, 0.2) is 12.3 Å². The number of aromatic nitrogens is 1. The van der Waals surface area contributed by atoms with Gasteiger partial charge < -0.3 is 14.6 Å². The Kier molecular flexibility index (Phi) is 3.01. The van der Waals surface area contributed by atoms with Gasteiger partial charge in [0.1, 0.15) is 6.54 Å². The third kappa shape index (κ3) is 1.97. The van der Waals surface area contributed by atoms with Crippen LogP contribution in [0.4, 0.5) is 0 Å². The molecule has 2 rings (SSSR count). The number of aliphatic hydroxyl groups excluding tert-OH is 1. The van der Waals surface area contributed by atoms with E-state index in [1.54, 1.807) is 19.0 Å². The van der Waals surface area contributed by atoms with Crippen LogP contribution in [0.3, 0.4) is 0 Å². The minimum absolute atomic E-state index is 0.0819. The van der Waals surface area contributed by atoms with Crippen LogP contribution in [-0.2, 0) is 17.8 Å². The van der Waals surface area contributed by atoms with Crippen molar-refractivity contribution in [3.8, 4) is 0 Å². The van der Waals surface area contributed by atoms with Crippen molar-refractivity contribution in [2.75, 3.05) is 14.1 Å². The Labute approximate surface area is 95.5 Å². The molecule has 0 aliphatic heterocycles. The van der Waals surface area contributed by atoms with Crippen LogP contribution in [0, 0.1) is 0 Å². The van der Waals surface area contributed by atoms with Crippen molar-refractivity contribution in [2.45, 2.75) is 31.9 Å². The molecule has 1 atom stereocenters. The molecule has 0 saturated carbocycles. The summed E-state index contributed by atoms with van der Waals surface area (Å²) >= 11 is 0. The summed E-state index contributed by atoms with van der Waals surface area (Å²) in [4.78, 5) is 13.2. The van der Waals surface area contributed by atoms with Crippen LogP contribution in [-0.4, -0.2) is 34.6 Å². The number of carbonyl (C=O) groups is 1. The van der Waals surface area contributed by atoms with Crippen molar-refractivity contribution in [1.29, 1.82) is 0 Å². The molecule has 1 aliphatic carbocycles. The zero-order valence-electron chi connectivity index (χ0n) is 9.81. The van der Waals surface area contributed by atoms with E-state index in [0.29, 0.717) is 6.54 Å². The number of fused-ring (bicyclic) bond motifs is 1. The number of carbonyl (C=O) groups excluding carboxylic acids is 1. The van der Waals surface area contributed by atoms with Crippen molar-refractivity contribution >= 4 is 5.91 Å². The molecule has 1 heterocycles. The molecule has 0 radical (unpaired) electrons. The van der Waals surface area contributed by atoms with Crippen LogP contribution >= 0.6 is 0 Å². The van der Waals surface area contributed by atoms with E-state index in [1.165, 1.54) is 0 Å². The van der Waals surface area contributed by atoms with Crippen molar-refractivity contribution in [1.82, 2.24) is 9.47 Å². The Morgan fingerprint density at radius 1 is 1.62 bits per heavy atom. The SMILES string of the molecule is CN(C)C(=O)Cn1ccc2c1CCCC2O. The molecule has 1 amide bonds. The van der Waals surface area contributed by atoms with Gasteiger partial charge in [-0.05, 0) is 25.3 Å². The van der Waals surface area contributed by atoms with E-state index in [9.17, 15) is 9.90 Å². The van der Waals surface area contributed by atoms with Crippen molar-refractivity contribution in [3.63, 3.8) is 0 Å². The second-order valence-electron chi connectivity index (χ2n) is 4.54. The summed E-state index contributed by atoms with van der Waals surface area (Å²) in [5.41, 5.74) is 2.12. The van der Waals surface area contributed by atoms with Crippen LogP contribution in [0.1, 0.15) is 30.2 Å². The topological polar surface area (TPSA) is 45.5 Å². The van der Waals surface area contributed by atoms with Gasteiger partial charge in [0.05, 0.1) is 6.10 Å². The van der Waals surface area contributed by atoms with E-state index in [1.807, 2.05) is 16.8 Å². The van der Waals surface area contributed by atoms with E-state index >= 15 is 0 Å². The van der Waals surface area contributed by atoms with E-state index in [-0.39, 0.29) is 12.0 Å². The summed E-state index contributed by atoms with van der Waals surface area (Å²) in [6.07, 6.45) is 4.34. The van der Waals surface area contributed by atoms with E-state index in [4.69, 9.17) is 0 Å². The van der Waals surface area contributed by atoms with Gasteiger partial charge in [0, 0.05) is 31.5 Å². The predicted octanol–water partition coefficient (Wildman–Crippen LogP) is 0.946. The van der Waals surface area contributed by atoms with Crippen molar-refractivity contribution < 1.29 is 9.90 Å². The highest BCUT2D eigenvalue weighted by atomic mass is 16.3. The van der Waals surface area contributed by atoms with Crippen LogP contribution in [0.2, 0.25) is 0 Å². The average Bonchev–Trinajstić information content (AvgIpc) is 2.63. The molecule has 0 bridgehead atoms. The lowest BCUT2D eigenvalue weighted by molar-refractivity contribution is -0.129. The van der Waals surface area contributed by atoms with Crippen LogP contribution in [0.5, 0.6) is 0 Å². The van der Waals surface area contributed by atoms with Crippen molar-refractivity contribution in [3.05, 3.63) is 23.5 Å². The fourth-order valence-corrected chi connectivity index (χ4v) is 2.17. The maximum Gasteiger partial charge on any atom is 0.241 e. The van der Waals surface area contributed by atoms with Gasteiger partial charge in [-0.1, -0.05) is 0 Å². The van der Waals surface area contributed by atoms with Gasteiger partial charge in [-0.2, -0.15) is 0 Å². The maximum atomic E-state index is 11.6. The Balaban J connectivity index is 2.20. The molecule has 0 spiro atoms. The molecule has 1 unspecified atom stereocenters. The minimum Gasteiger partial charge on any atom is -0.388 e. The highest BCUT2D eigenvalue weighted by Gasteiger charge is 2.21. The van der Waals surface area contributed by atoms with Gasteiger partial charge in [0.25, 0.3) is 0 Å². The second-order valence-corrected chi connectivity index (χ2v) is 4.54. The molecule has 1 aromatic rings. The first kappa shape index (κ1) is 11.2. The molecule has 16 heavy (non-hydrogen) atoms. The summed E-state index contributed by atoms with van der Waals surface area (Å²) in [6.45, 7) is 0.370. The smallest absolute Gasteiger partial charge is 0.241 e. The normalized spacial score (nSPS) is 19.3. The number of rotatable bonds is 2. The van der Waals surface area contributed by atoms with E-state index in [2.05, 4.69) is 0 Å². The lowest BCUT2D eigenvalue weighted by atomic mass is 9.95. The van der Waals surface area contributed by atoms with E-state index < -0.39 is 0 Å². The third-order valence-corrected chi connectivity index (χ3v) is 3.17. The first-order valence-electron chi connectivity index (χ1n) is 5.65. The number of nitrogens with zero attached hydrogens (tertiary/aromatic N) is 2. The first-order chi connectivity index (χ1) is 7.59. The fraction of sp³-hybridized carbons (Fsp3) is 0.583. The quantitative estimate of drug-likeness (QED) is 0.809. The van der Waals surface area contributed by atoms with Crippen molar-refractivity contribution in [2.24, 2.45) is 0 Å². The van der Waals surface area contributed by atoms with Gasteiger partial charge >= 0.3 is 0 Å². The third-order valence-electron chi connectivity index (χ3n) is 3.17. The molecule has 0 aromatic carbocycles. The van der Waals surface area contributed by atoms with Crippen LogP contribution < -0.4 is 0 Å². The Hall–Kier alpha value is -1.29. The lowest BCUT2D eigenvalue weighted by Crippen LogP contribution is -2.27. The molecule has 4 heteroatoms. The number of likely N-dealkylation sites (N-methyl/N-ethyl adjacent to an activating group) is 1. The molecule has 0 saturated heterocycles. The molecular formula is C12H18N2O2. The summed E-state index contributed by atoms with van der Waals surface area (Å²) in [6, 6.07) is 1.93. The molecule has 1 N–H and O–H groups in total. The second kappa shape index (κ2) is 4.29. The molecule has 88 valence electrons. The highest BCUT2D eigenvalue weighted by Crippen LogP contribution is 2.30. The average molecular weight is 222 g/mol. The highest BCUT2D eigenvalue weighted by molar-refractivity contribution is 5.75. The Bertz CT molecular complexity index is 396. The predicted molar refractivity (Wildman–Crippen MR) is 61.0 cm³/mol. The molecule has 1 aliphatic rings. The van der Waals surface area contributed by atoms with Gasteiger partial charge in [-0.3, -0.25) is 4.79 Å². The van der Waals surface area contributed by atoms with E-state index in [0.717, 1.165) is 30.5 Å². The number of hydrogen-bond acceptors (Lipinski definition) is 2. The summed E-state index contributed by atoms with van der Waals surface area (Å²) in [7, 11) is 3.51. The molecule has 1 aromatic heterocycles. The Morgan fingerprint density at radius 3 is 3.06 bits per heavy atom. The summed E-state index contributed by atoms with van der Waals surface area (Å²) < 4.78 is 1.96. The Morgan fingerprint density at radius 2 is 2.38 bits per heavy atom. The minimum atomic E-state index is -0.348. The van der Waals surface area contributed by atoms with Gasteiger partial charge in [0.15, 0.2) is 0 Å². The fourth-order valence-electron chi connectivity index (χ4n) is 2.17. The van der Waals surface area contributed by atoms with Gasteiger partial charge in [-0.15, -0.1) is 0 Å². The molecule has 0 fully saturated rings. The standard InChI is InChI=1S/C12H18N2O2/c1-13(2)12(16)8-14-7-6-9-10(14)4-3-5-11(9)15/h6-7,11,15H,3-5,8H2,1-2H3. The summed E-state index contributed by atoms with van der Waals surface area (Å²) in [5.74, 6) is 0.0819. The zero-order chi connectivity index (χ0) is 11.7. The van der Waals surface area contributed by atoms with Gasteiger partial charge in [-0.25, -0.2) is 0 Å². The number of amides is 1. The first-order valence-corrected chi connectivity index (χ1v) is 5.65. The molecular weight excluding hydrogens is 204 g/mol. The summed E-state index contributed by atoms with van der Waals surface area (Å²) in [5, 5.41) is 9.81. The lowest BCUT2D eigenvalue weighted by Gasteiger charge is -2.20. The van der Waals surface area contributed by atoms with Crippen LogP contribution in [0.25, 0.3) is 0 Å². The molecule has 4 nitrogen and oxygen atoms in total.